The van der Waals surface area contributed by atoms with E-state index in [-0.39, 0.29) is 6.09 Å². The van der Waals surface area contributed by atoms with Crippen LogP contribution in [0, 0.1) is 0 Å². The summed E-state index contributed by atoms with van der Waals surface area (Å²) in [7, 11) is 0. The van der Waals surface area contributed by atoms with Gasteiger partial charge in [0.25, 0.3) is 0 Å². The molecule has 5 heteroatoms. The lowest BCUT2D eigenvalue weighted by molar-refractivity contribution is 0.0992. The van der Waals surface area contributed by atoms with Gasteiger partial charge in [-0.15, -0.1) is 0 Å². The number of ether oxygens (including phenoxy) is 2. The maximum atomic E-state index is 11.1. The first-order valence-corrected chi connectivity index (χ1v) is 5.87. The molecule has 17 heavy (non-hydrogen) atoms. The second-order valence-electron chi connectivity index (χ2n) is 3.78. The summed E-state index contributed by atoms with van der Waals surface area (Å²) >= 11 is 5.86. The highest BCUT2D eigenvalue weighted by Crippen LogP contribution is 2.11. The number of amides is 1. The molecule has 0 radical (unpaired) electrons. The fourth-order valence-electron chi connectivity index (χ4n) is 1.62. The van der Waals surface area contributed by atoms with Crippen LogP contribution in [0.3, 0.4) is 0 Å². The first kappa shape index (κ1) is 12.2. The Labute approximate surface area is 105 Å². The fraction of sp³-hybridized carbons (Fsp3) is 0.417. The predicted octanol–water partition coefficient (Wildman–Crippen LogP) is 2.31. The van der Waals surface area contributed by atoms with Gasteiger partial charge in [0.1, 0.15) is 6.61 Å². The lowest BCUT2D eigenvalue weighted by Gasteiger charge is -2.12. The van der Waals surface area contributed by atoms with Crippen molar-refractivity contribution in [3.8, 4) is 0 Å². The Bertz CT molecular complexity index is 397. The lowest BCUT2D eigenvalue weighted by Crippen LogP contribution is -2.28. The Balaban J connectivity index is 1.68. The zero-order chi connectivity index (χ0) is 12.1. The van der Waals surface area contributed by atoms with Crippen LogP contribution >= 0.6 is 11.6 Å². The lowest BCUT2D eigenvalue weighted by atomic mass is 10.2. The average Bonchev–Trinajstić information content (AvgIpc) is 2.71. The van der Waals surface area contributed by atoms with Gasteiger partial charge >= 0.3 is 6.09 Å². The molecule has 0 bridgehead atoms. The van der Waals surface area contributed by atoms with Crippen molar-refractivity contribution in [3.05, 3.63) is 34.9 Å². The maximum Gasteiger partial charge on any atom is 0.410 e. The second kappa shape index (κ2) is 5.89. The molecule has 0 aromatic heterocycles. The summed E-state index contributed by atoms with van der Waals surface area (Å²) in [6, 6.07) is 7.53. The number of hydrogen-bond donors (Lipinski definition) is 0. The highest BCUT2D eigenvalue weighted by atomic mass is 35.5. The van der Waals surface area contributed by atoms with E-state index in [9.17, 15) is 4.79 Å². The molecule has 0 unspecified atom stereocenters. The van der Waals surface area contributed by atoms with E-state index in [0.717, 1.165) is 5.56 Å². The largest absolute Gasteiger partial charge is 0.448 e. The number of cyclic esters (lactones) is 1. The highest BCUT2D eigenvalue weighted by Gasteiger charge is 2.20. The minimum absolute atomic E-state index is 0.253. The Morgan fingerprint density at radius 3 is 3.06 bits per heavy atom. The van der Waals surface area contributed by atoms with Crippen molar-refractivity contribution in [1.82, 2.24) is 4.90 Å². The molecule has 1 saturated heterocycles. The number of carbonyl (C=O) groups excluding carboxylic acids is 1. The van der Waals surface area contributed by atoms with Gasteiger partial charge in [0.05, 0.1) is 19.8 Å². The van der Waals surface area contributed by atoms with Gasteiger partial charge in [0, 0.05) is 11.6 Å². The van der Waals surface area contributed by atoms with Crippen molar-refractivity contribution in [2.75, 3.05) is 26.3 Å². The van der Waals surface area contributed by atoms with Crippen LogP contribution in [0.5, 0.6) is 0 Å². The van der Waals surface area contributed by atoms with E-state index in [0.29, 0.717) is 37.9 Å². The van der Waals surface area contributed by atoms with Crippen molar-refractivity contribution < 1.29 is 14.3 Å². The third kappa shape index (κ3) is 3.61. The molecule has 1 aliphatic heterocycles. The number of carbonyl (C=O) groups is 1. The molecule has 1 heterocycles. The van der Waals surface area contributed by atoms with Crippen LogP contribution in [0.4, 0.5) is 4.79 Å². The van der Waals surface area contributed by atoms with Crippen LogP contribution in [0.1, 0.15) is 5.56 Å². The van der Waals surface area contributed by atoms with Crippen molar-refractivity contribution in [2.45, 2.75) is 6.61 Å². The van der Waals surface area contributed by atoms with E-state index < -0.39 is 0 Å². The van der Waals surface area contributed by atoms with Crippen LogP contribution in [-0.2, 0) is 16.1 Å². The van der Waals surface area contributed by atoms with Gasteiger partial charge in [-0.2, -0.15) is 0 Å². The highest BCUT2D eigenvalue weighted by molar-refractivity contribution is 6.30. The quantitative estimate of drug-likeness (QED) is 0.758. The van der Waals surface area contributed by atoms with Crippen molar-refractivity contribution >= 4 is 17.7 Å². The molecule has 2 rings (SSSR count). The summed E-state index contributed by atoms with van der Waals surface area (Å²) in [6.07, 6.45) is -0.253. The standard InChI is InChI=1S/C12H14ClNO3/c13-11-3-1-2-10(8-11)9-16-6-4-14-5-7-17-12(14)15/h1-3,8H,4-7,9H2. The van der Waals surface area contributed by atoms with E-state index in [1.807, 2.05) is 24.3 Å². The van der Waals surface area contributed by atoms with Gasteiger partial charge < -0.3 is 14.4 Å². The van der Waals surface area contributed by atoms with Gasteiger partial charge in [-0.25, -0.2) is 4.79 Å². The molecule has 92 valence electrons. The van der Waals surface area contributed by atoms with Gasteiger partial charge in [-0.3, -0.25) is 0 Å². The number of rotatable bonds is 5. The molecular weight excluding hydrogens is 242 g/mol. The normalized spacial score (nSPS) is 15.1. The monoisotopic (exact) mass is 255 g/mol. The van der Waals surface area contributed by atoms with E-state index in [1.54, 1.807) is 4.90 Å². The van der Waals surface area contributed by atoms with Crippen LogP contribution in [0.25, 0.3) is 0 Å². The SMILES string of the molecule is O=C1OCCN1CCOCc1cccc(Cl)c1. The first-order chi connectivity index (χ1) is 8.25. The summed E-state index contributed by atoms with van der Waals surface area (Å²) in [5.74, 6) is 0. The third-order valence-corrected chi connectivity index (χ3v) is 2.74. The molecule has 0 N–H and O–H groups in total. The zero-order valence-corrected chi connectivity index (χ0v) is 10.2. The summed E-state index contributed by atoms with van der Waals surface area (Å²) in [5.41, 5.74) is 1.03. The van der Waals surface area contributed by atoms with Gasteiger partial charge in [-0.05, 0) is 17.7 Å². The molecule has 0 atom stereocenters. The van der Waals surface area contributed by atoms with Gasteiger partial charge in [0.15, 0.2) is 0 Å². The molecule has 0 spiro atoms. The van der Waals surface area contributed by atoms with Crippen molar-refractivity contribution in [1.29, 1.82) is 0 Å². The molecule has 1 aromatic rings. The first-order valence-electron chi connectivity index (χ1n) is 5.49. The molecule has 1 aliphatic rings. The summed E-state index contributed by atoms with van der Waals surface area (Å²) in [6.45, 7) is 2.71. The molecule has 0 saturated carbocycles. The van der Waals surface area contributed by atoms with Crippen molar-refractivity contribution in [2.24, 2.45) is 0 Å². The Morgan fingerprint density at radius 2 is 2.35 bits per heavy atom. The van der Waals surface area contributed by atoms with Crippen LogP contribution in [0.2, 0.25) is 5.02 Å². The number of nitrogens with zero attached hydrogens (tertiary/aromatic N) is 1. The molecule has 0 aliphatic carbocycles. The Morgan fingerprint density at radius 1 is 1.47 bits per heavy atom. The smallest absolute Gasteiger partial charge is 0.410 e. The van der Waals surface area contributed by atoms with Crippen LogP contribution in [-0.4, -0.2) is 37.3 Å². The zero-order valence-electron chi connectivity index (χ0n) is 9.39. The third-order valence-electron chi connectivity index (χ3n) is 2.51. The van der Waals surface area contributed by atoms with E-state index in [2.05, 4.69) is 0 Å². The maximum absolute atomic E-state index is 11.1. The van der Waals surface area contributed by atoms with Crippen LogP contribution in [0.15, 0.2) is 24.3 Å². The predicted molar refractivity (Wildman–Crippen MR) is 64.0 cm³/mol. The topological polar surface area (TPSA) is 38.8 Å². The van der Waals surface area contributed by atoms with E-state index >= 15 is 0 Å². The minimum atomic E-state index is -0.253. The van der Waals surface area contributed by atoms with E-state index in [4.69, 9.17) is 21.1 Å². The Kier molecular flexibility index (Phi) is 4.23. The number of halogens is 1. The van der Waals surface area contributed by atoms with E-state index in [1.165, 1.54) is 0 Å². The molecule has 4 nitrogen and oxygen atoms in total. The molecule has 1 aromatic carbocycles. The second-order valence-corrected chi connectivity index (χ2v) is 4.22. The Hall–Kier alpha value is -1.26. The van der Waals surface area contributed by atoms with Crippen molar-refractivity contribution in [3.63, 3.8) is 0 Å². The molecular formula is C12H14ClNO3. The molecule has 1 fully saturated rings. The number of hydrogen-bond acceptors (Lipinski definition) is 3. The minimum Gasteiger partial charge on any atom is -0.448 e. The average molecular weight is 256 g/mol. The number of benzene rings is 1. The summed E-state index contributed by atoms with van der Waals surface area (Å²) in [4.78, 5) is 12.8. The van der Waals surface area contributed by atoms with Gasteiger partial charge in [-0.1, -0.05) is 23.7 Å². The molecule has 1 amide bonds. The van der Waals surface area contributed by atoms with Crippen LogP contribution < -0.4 is 0 Å². The summed E-state index contributed by atoms with van der Waals surface area (Å²) < 4.78 is 10.3. The summed E-state index contributed by atoms with van der Waals surface area (Å²) in [5, 5.41) is 0.703. The fourth-order valence-corrected chi connectivity index (χ4v) is 1.83. The van der Waals surface area contributed by atoms with Gasteiger partial charge in [0.2, 0.25) is 0 Å².